The van der Waals surface area contributed by atoms with E-state index in [4.69, 9.17) is 4.98 Å². The van der Waals surface area contributed by atoms with Crippen LogP contribution in [0.4, 0.5) is 0 Å². The van der Waals surface area contributed by atoms with Gasteiger partial charge in [0.1, 0.15) is 5.82 Å². The monoisotopic (exact) mass is 517 g/mol. The van der Waals surface area contributed by atoms with Gasteiger partial charge in [0.25, 0.3) is 11.5 Å². The van der Waals surface area contributed by atoms with Crippen molar-refractivity contribution in [2.24, 2.45) is 0 Å². The number of hydrogen-bond acceptors (Lipinski definition) is 3. The molecular weight excluding hydrogens is 490 g/mol. The van der Waals surface area contributed by atoms with Gasteiger partial charge in [0.05, 0.1) is 16.9 Å². The lowest BCUT2D eigenvalue weighted by molar-refractivity contribution is 0.0681. The van der Waals surface area contributed by atoms with E-state index < -0.39 is 0 Å². The molecule has 0 fully saturated rings. The van der Waals surface area contributed by atoms with Crippen molar-refractivity contribution in [3.8, 4) is 0 Å². The Bertz CT molecular complexity index is 1350. The normalized spacial score (nSPS) is 12.0. The molecule has 1 unspecified atom stereocenters. The highest BCUT2D eigenvalue weighted by Gasteiger charge is 2.27. The quantitative estimate of drug-likeness (QED) is 0.287. The fourth-order valence-corrected chi connectivity index (χ4v) is 4.64. The van der Waals surface area contributed by atoms with Gasteiger partial charge in [0.15, 0.2) is 0 Å². The van der Waals surface area contributed by atoms with Crippen LogP contribution in [0.15, 0.2) is 88.1 Å². The summed E-state index contributed by atoms with van der Waals surface area (Å²) >= 11 is 3.48. The van der Waals surface area contributed by atoms with Gasteiger partial charge in [-0.05, 0) is 55.7 Å². The number of amides is 1. The number of rotatable bonds is 8. The Morgan fingerprint density at radius 1 is 1.03 bits per heavy atom. The number of aromatic nitrogens is 2. The molecule has 0 radical (unpaired) electrons. The topological polar surface area (TPSA) is 55.2 Å². The van der Waals surface area contributed by atoms with E-state index in [2.05, 4.69) is 28.1 Å². The Labute approximate surface area is 208 Å². The number of nitrogens with zero attached hydrogens (tertiary/aromatic N) is 3. The van der Waals surface area contributed by atoms with Gasteiger partial charge < -0.3 is 4.90 Å². The lowest BCUT2D eigenvalue weighted by Crippen LogP contribution is -2.39. The molecule has 0 saturated heterocycles. The van der Waals surface area contributed by atoms with E-state index in [1.807, 2.05) is 85.5 Å². The Kier molecular flexibility index (Phi) is 7.58. The first kappa shape index (κ1) is 23.9. The van der Waals surface area contributed by atoms with E-state index in [0.717, 1.165) is 16.5 Å². The van der Waals surface area contributed by atoms with Gasteiger partial charge in [-0.3, -0.25) is 14.2 Å². The van der Waals surface area contributed by atoms with E-state index in [1.54, 1.807) is 4.57 Å². The van der Waals surface area contributed by atoms with Gasteiger partial charge in [-0.1, -0.05) is 71.4 Å². The van der Waals surface area contributed by atoms with Gasteiger partial charge in [-0.25, -0.2) is 4.98 Å². The first-order valence-corrected chi connectivity index (χ1v) is 12.4. The summed E-state index contributed by atoms with van der Waals surface area (Å²) in [5.41, 5.74) is 2.34. The molecule has 4 aromatic rings. The van der Waals surface area contributed by atoms with Crippen molar-refractivity contribution in [3.05, 3.63) is 111 Å². The predicted octanol–water partition coefficient (Wildman–Crippen LogP) is 6.02. The number of fused-ring (bicyclic) bond motifs is 1. The van der Waals surface area contributed by atoms with Crippen molar-refractivity contribution < 1.29 is 4.79 Å². The summed E-state index contributed by atoms with van der Waals surface area (Å²) < 4.78 is 2.58. The molecule has 1 amide bonds. The molecule has 0 saturated carbocycles. The zero-order valence-electron chi connectivity index (χ0n) is 19.4. The summed E-state index contributed by atoms with van der Waals surface area (Å²) in [7, 11) is 0. The van der Waals surface area contributed by atoms with Crippen molar-refractivity contribution in [1.29, 1.82) is 0 Å². The molecule has 0 spiro atoms. The molecular formula is C28H28BrN3O2. The maximum absolute atomic E-state index is 13.7. The minimum Gasteiger partial charge on any atom is -0.328 e. The summed E-state index contributed by atoms with van der Waals surface area (Å²) in [6, 6.07) is 24.5. The van der Waals surface area contributed by atoms with E-state index in [-0.39, 0.29) is 17.5 Å². The van der Waals surface area contributed by atoms with Crippen LogP contribution < -0.4 is 5.56 Å². The van der Waals surface area contributed by atoms with Crippen LogP contribution in [-0.2, 0) is 13.0 Å². The standard InChI is InChI=1S/C28H28BrN3O2/c1-3-17-32-26(30-25-15-8-7-14-24(25)28(32)34)20(2)31(18-16-21-10-5-4-6-11-21)27(33)22-12-9-13-23(29)19-22/h4-15,19-20H,3,16-18H2,1-2H3. The number of halogens is 1. The third-order valence-corrected chi connectivity index (χ3v) is 6.49. The fourth-order valence-electron chi connectivity index (χ4n) is 4.24. The minimum absolute atomic E-state index is 0.0628. The largest absolute Gasteiger partial charge is 0.328 e. The average molecular weight is 518 g/mol. The summed E-state index contributed by atoms with van der Waals surface area (Å²) in [4.78, 5) is 33.8. The summed E-state index contributed by atoms with van der Waals surface area (Å²) in [5.74, 6) is 0.525. The van der Waals surface area contributed by atoms with Crippen LogP contribution >= 0.6 is 15.9 Å². The molecule has 1 heterocycles. The molecule has 0 aliphatic rings. The second-order valence-corrected chi connectivity index (χ2v) is 9.28. The van der Waals surface area contributed by atoms with Gasteiger partial charge >= 0.3 is 0 Å². The lowest BCUT2D eigenvalue weighted by atomic mass is 10.1. The van der Waals surface area contributed by atoms with Crippen LogP contribution in [-0.4, -0.2) is 26.9 Å². The molecule has 5 nitrogen and oxygen atoms in total. The van der Waals surface area contributed by atoms with Crippen LogP contribution in [0.3, 0.4) is 0 Å². The third kappa shape index (κ3) is 5.12. The first-order chi connectivity index (χ1) is 16.5. The highest BCUT2D eigenvalue weighted by molar-refractivity contribution is 9.10. The zero-order valence-corrected chi connectivity index (χ0v) is 21.0. The second-order valence-electron chi connectivity index (χ2n) is 8.36. The van der Waals surface area contributed by atoms with Crippen molar-refractivity contribution in [3.63, 3.8) is 0 Å². The molecule has 6 heteroatoms. The molecule has 1 aromatic heterocycles. The van der Waals surface area contributed by atoms with E-state index in [9.17, 15) is 9.59 Å². The van der Waals surface area contributed by atoms with Crippen LogP contribution in [0.2, 0.25) is 0 Å². The van der Waals surface area contributed by atoms with Gasteiger partial charge in [0.2, 0.25) is 0 Å². The molecule has 174 valence electrons. The van der Waals surface area contributed by atoms with E-state index in [1.165, 1.54) is 0 Å². The van der Waals surface area contributed by atoms with Crippen LogP contribution in [0.25, 0.3) is 10.9 Å². The Hall–Kier alpha value is -3.25. The third-order valence-electron chi connectivity index (χ3n) is 6.00. The highest BCUT2D eigenvalue weighted by Crippen LogP contribution is 2.24. The number of carbonyl (C=O) groups excluding carboxylic acids is 1. The first-order valence-electron chi connectivity index (χ1n) is 11.6. The van der Waals surface area contributed by atoms with Crippen molar-refractivity contribution in [2.45, 2.75) is 39.3 Å². The molecule has 1 atom stereocenters. The highest BCUT2D eigenvalue weighted by atomic mass is 79.9. The van der Waals surface area contributed by atoms with Gasteiger partial charge in [-0.15, -0.1) is 0 Å². The number of hydrogen-bond donors (Lipinski definition) is 0. The van der Waals surface area contributed by atoms with Crippen LogP contribution in [0.1, 0.15) is 48.1 Å². The zero-order chi connectivity index (χ0) is 24.1. The van der Waals surface area contributed by atoms with Crippen molar-refractivity contribution in [2.75, 3.05) is 6.54 Å². The molecule has 0 bridgehead atoms. The molecule has 0 aliphatic heterocycles. The fraction of sp³-hybridized carbons (Fsp3) is 0.250. The van der Waals surface area contributed by atoms with Gasteiger partial charge in [-0.2, -0.15) is 0 Å². The Balaban J connectivity index is 1.78. The van der Waals surface area contributed by atoms with E-state index in [0.29, 0.717) is 41.8 Å². The SMILES string of the molecule is CCCn1c(C(C)N(CCc2ccccc2)C(=O)c2cccc(Br)c2)nc2ccccc2c1=O. The maximum atomic E-state index is 13.7. The summed E-state index contributed by atoms with van der Waals surface area (Å²) in [6.07, 6.45) is 1.50. The second kappa shape index (κ2) is 10.8. The molecule has 4 rings (SSSR count). The Morgan fingerprint density at radius 3 is 2.50 bits per heavy atom. The lowest BCUT2D eigenvalue weighted by Gasteiger charge is -2.31. The van der Waals surface area contributed by atoms with Crippen molar-refractivity contribution >= 4 is 32.7 Å². The molecule has 34 heavy (non-hydrogen) atoms. The number of benzene rings is 3. The Morgan fingerprint density at radius 2 is 1.76 bits per heavy atom. The number of carbonyl (C=O) groups is 1. The van der Waals surface area contributed by atoms with Crippen LogP contribution in [0.5, 0.6) is 0 Å². The molecule has 0 aliphatic carbocycles. The van der Waals surface area contributed by atoms with Gasteiger partial charge in [0, 0.05) is 23.1 Å². The average Bonchev–Trinajstić information content (AvgIpc) is 2.86. The summed E-state index contributed by atoms with van der Waals surface area (Å²) in [5, 5.41) is 0.598. The maximum Gasteiger partial charge on any atom is 0.261 e. The minimum atomic E-state index is -0.390. The molecule has 3 aromatic carbocycles. The van der Waals surface area contributed by atoms with E-state index >= 15 is 0 Å². The van der Waals surface area contributed by atoms with Crippen LogP contribution in [0, 0.1) is 0 Å². The number of para-hydroxylation sites is 1. The molecule has 0 N–H and O–H groups in total. The van der Waals surface area contributed by atoms with Crippen molar-refractivity contribution in [1.82, 2.24) is 14.5 Å². The summed E-state index contributed by atoms with van der Waals surface area (Å²) in [6.45, 7) is 5.05. The smallest absolute Gasteiger partial charge is 0.261 e. The predicted molar refractivity (Wildman–Crippen MR) is 140 cm³/mol.